The van der Waals surface area contributed by atoms with Crippen LogP contribution in [0.5, 0.6) is 17.2 Å². The first-order valence-electron chi connectivity index (χ1n) is 12.2. The molecule has 1 atom stereocenters. The molecule has 1 fully saturated rings. The number of fused-ring (bicyclic) bond motifs is 1. The van der Waals surface area contributed by atoms with Gasteiger partial charge < -0.3 is 14.2 Å². The van der Waals surface area contributed by atoms with E-state index in [1.165, 1.54) is 35.1 Å². The lowest BCUT2D eigenvalue weighted by atomic mass is 9.73. The highest BCUT2D eigenvalue weighted by Crippen LogP contribution is 2.46. The van der Waals surface area contributed by atoms with Gasteiger partial charge in [-0.3, -0.25) is 4.98 Å². The molecule has 33 heavy (non-hydrogen) atoms. The molecule has 1 saturated carbocycles. The van der Waals surface area contributed by atoms with Crippen molar-refractivity contribution in [1.29, 1.82) is 0 Å². The fraction of sp³-hybridized carbons (Fsp3) is 0.414. The van der Waals surface area contributed by atoms with E-state index in [9.17, 15) is 0 Å². The standard InChI is InChI=1S/C29H33NO3/c1-3-32-26-10-8-22-19-29(20-23(22)16-26,18-21-12-14-30-15-13-21)24-9-11-27(31-2)28(17-24)33-25-6-4-5-7-25/h8-17,25H,3-7,18-20H2,1-2H3. The van der Waals surface area contributed by atoms with Crippen molar-refractivity contribution in [3.8, 4) is 17.2 Å². The van der Waals surface area contributed by atoms with Crippen LogP contribution < -0.4 is 14.2 Å². The van der Waals surface area contributed by atoms with Crippen molar-refractivity contribution in [3.05, 3.63) is 83.2 Å². The van der Waals surface area contributed by atoms with Crippen molar-refractivity contribution in [1.82, 2.24) is 4.98 Å². The molecule has 172 valence electrons. The molecule has 3 aromatic rings. The number of rotatable bonds is 8. The topological polar surface area (TPSA) is 40.6 Å². The second-order valence-electron chi connectivity index (χ2n) is 9.42. The highest BCUT2D eigenvalue weighted by Gasteiger charge is 2.40. The van der Waals surface area contributed by atoms with Crippen molar-refractivity contribution < 1.29 is 14.2 Å². The van der Waals surface area contributed by atoms with Crippen LogP contribution in [0.4, 0.5) is 0 Å². The lowest BCUT2D eigenvalue weighted by Gasteiger charge is -2.31. The van der Waals surface area contributed by atoms with Gasteiger partial charge in [-0.2, -0.15) is 0 Å². The third-order valence-electron chi connectivity index (χ3n) is 7.21. The molecule has 1 unspecified atom stereocenters. The summed E-state index contributed by atoms with van der Waals surface area (Å²) in [6.45, 7) is 2.71. The Kier molecular flexibility index (Phi) is 6.26. The van der Waals surface area contributed by atoms with Crippen molar-refractivity contribution in [2.75, 3.05) is 13.7 Å². The van der Waals surface area contributed by atoms with E-state index < -0.39 is 0 Å². The minimum Gasteiger partial charge on any atom is -0.494 e. The summed E-state index contributed by atoms with van der Waals surface area (Å²) in [5.74, 6) is 2.65. The van der Waals surface area contributed by atoms with Crippen LogP contribution >= 0.6 is 0 Å². The van der Waals surface area contributed by atoms with Gasteiger partial charge in [-0.1, -0.05) is 12.1 Å². The third-order valence-corrected chi connectivity index (χ3v) is 7.21. The van der Waals surface area contributed by atoms with Gasteiger partial charge in [0.1, 0.15) is 5.75 Å². The van der Waals surface area contributed by atoms with Crippen molar-refractivity contribution in [2.24, 2.45) is 0 Å². The molecule has 0 saturated heterocycles. The summed E-state index contributed by atoms with van der Waals surface area (Å²) >= 11 is 0. The summed E-state index contributed by atoms with van der Waals surface area (Å²) in [6, 6.07) is 17.4. The molecule has 2 aliphatic carbocycles. The predicted molar refractivity (Wildman–Crippen MR) is 131 cm³/mol. The number of methoxy groups -OCH3 is 1. The van der Waals surface area contributed by atoms with Gasteiger partial charge >= 0.3 is 0 Å². The molecule has 0 amide bonds. The highest BCUT2D eigenvalue weighted by molar-refractivity contribution is 5.51. The van der Waals surface area contributed by atoms with Crippen molar-refractivity contribution in [2.45, 2.75) is 63.4 Å². The van der Waals surface area contributed by atoms with Crippen LogP contribution in [0.3, 0.4) is 0 Å². The Morgan fingerprint density at radius 3 is 2.45 bits per heavy atom. The van der Waals surface area contributed by atoms with Gasteiger partial charge in [-0.05, 0) is 111 Å². The number of ether oxygens (including phenoxy) is 3. The largest absolute Gasteiger partial charge is 0.494 e. The zero-order valence-corrected chi connectivity index (χ0v) is 19.7. The maximum Gasteiger partial charge on any atom is 0.161 e. The molecule has 0 aliphatic heterocycles. The molecular formula is C29H33NO3. The smallest absolute Gasteiger partial charge is 0.161 e. The molecule has 0 radical (unpaired) electrons. The monoisotopic (exact) mass is 443 g/mol. The van der Waals surface area contributed by atoms with Crippen LogP contribution in [0.2, 0.25) is 0 Å². The molecule has 4 nitrogen and oxygen atoms in total. The van der Waals surface area contributed by atoms with E-state index >= 15 is 0 Å². The molecule has 2 aliphatic rings. The lowest BCUT2D eigenvalue weighted by molar-refractivity contribution is 0.200. The predicted octanol–water partition coefficient (Wildman–Crippen LogP) is 6.09. The van der Waals surface area contributed by atoms with Gasteiger partial charge in [0.05, 0.1) is 19.8 Å². The number of nitrogens with zero attached hydrogens (tertiary/aromatic N) is 1. The Morgan fingerprint density at radius 1 is 0.909 bits per heavy atom. The van der Waals surface area contributed by atoms with Crippen molar-refractivity contribution in [3.63, 3.8) is 0 Å². The second kappa shape index (κ2) is 9.46. The van der Waals surface area contributed by atoms with Crippen LogP contribution in [0.25, 0.3) is 0 Å². The Hall–Kier alpha value is -3.01. The Bertz CT molecular complexity index is 1090. The first kappa shape index (κ1) is 21.8. The SMILES string of the molecule is CCOc1ccc2c(c1)CC(Cc1ccncc1)(c1ccc(OC)c(OC3CCCC3)c1)C2. The van der Waals surface area contributed by atoms with Crippen LogP contribution in [0, 0.1) is 0 Å². The van der Waals surface area contributed by atoms with Crippen LogP contribution in [-0.2, 0) is 24.7 Å². The van der Waals surface area contributed by atoms with Crippen LogP contribution in [0.15, 0.2) is 60.9 Å². The summed E-state index contributed by atoms with van der Waals surface area (Å²) in [5.41, 5.74) is 5.35. The summed E-state index contributed by atoms with van der Waals surface area (Å²) in [5, 5.41) is 0. The van der Waals surface area contributed by atoms with E-state index in [2.05, 4.69) is 53.5 Å². The molecule has 0 spiro atoms. The maximum absolute atomic E-state index is 6.47. The van der Waals surface area contributed by atoms with Crippen LogP contribution in [-0.4, -0.2) is 24.8 Å². The number of hydrogen-bond donors (Lipinski definition) is 0. The van der Waals surface area contributed by atoms with Gasteiger partial charge in [0, 0.05) is 17.8 Å². The van der Waals surface area contributed by atoms with Gasteiger partial charge in [0.2, 0.25) is 0 Å². The molecule has 5 rings (SSSR count). The van der Waals surface area contributed by atoms with Gasteiger partial charge in [0.25, 0.3) is 0 Å². The van der Waals surface area contributed by atoms with Gasteiger partial charge in [0.15, 0.2) is 11.5 Å². The molecule has 2 aromatic carbocycles. The first-order chi connectivity index (χ1) is 16.2. The minimum atomic E-state index is -0.0470. The molecule has 1 aromatic heterocycles. The fourth-order valence-corrected chi connectivity index (χ4v) is 5.59. The average molecular weight is 444 g/mol. The molecule has 0 N–H and O–H groups in total. The third kappa shape index (κ3) is 4.57. The lowest BCUT2D eigenvalue weighted by Crippen LogP contribution is -2.30. The zero-order valence-electron chi connectivity index (χ0n) is 19.7. The van der Waals surface area contributed by atoms with E-state index in [0.29, 0.717) is 12.7 Å². The first-order valence-corrected chi connectivity index (χ1v) is 12.2. The average Bonchev–Trinajstić information content (AvgIpc) is 3.47. The quantitative estimate of drug-likeness (QED) is 0.422. The molecule has 1 heterocycles. The number of pyridine rings is 1. The summed E-state index contributed by atoms with van der Waals surface area (Å²) in [7, 11) is 1.73. The molecule has 0 bridgehead atoms. The fourth-order valence-electron chi connectivity index (χ4n) is 5.59. The summed E-state index contributed by atoms with van der Waals surface area (Å²) < 4.78 is 17.9. The minimum absolute atomic E-state index is 0.0470. The summed E-state index contributed by atoms with van der Waals surface area (Å²) in [6.07, 6.45) is 11.7. The second-order valence-corrected chi connectivity index (χ2v) is 9.42. The Balaban J connectivity index is 1.53. The highest BCUT2D eigenvalue weighted by atomic mass is 16.5. The van der Waals surface area contributed by atoms with E-state index in [1.807, 2.05) is 19.3 Å². The van der Waals surface area contributed by atoms with E-state index in [0.717, 1.165) is 49.4 Å². The maximum atomic E-state index is 6.47. The van der Waals surface area contributed by atoms with Gasteiger partial charge in [-0.15, -0.1) is 0 Å². The zero-order chi connectivity index (χ0) is 22.7. The Morgan fingerprint density at radius 2 is 1.70 bits per heavy atom. The number of hydrogen-bond acceptors (Lipinski definition) is 4. The Labute approximate surface area is 196 Å². The van der Waals surface area contributed by atoms with Crippen LogP contribution in [0.1, 0.15) is 54.9 Å². The normalized spacial score (nSPS) is 19.9. The van der Waals surface area contributed by atoms with E-state index in [1.54, 1.807) is 7.11 Å². The van der Waals surface area contributed by atoms with E-state index in [4.69, 9.17) is 14.2 Å². The molecular weight excluding hydrogens is 410 g/mol. The number of benzene rings is 2. The van der Waals surface area contributed by atoms with Crippen molar-refractivity contribution >= 4 is 0 Å². The van der Waals surface area contributed by atoms with Gasteiger partial charge in [-0.25, -0.2) is 0 Å². The van der Waals surface area contributed by atoms with E-state index in [-0.39, 0.29) is 5.41 Å². The molecule has 4 heteroatoms. The summed E-state index contributed by atoms with van der Waals surface area (Å²) in [4.78, 5) is 4.23. The number of aromatic nitrogens is 1.